The third-order valence-corrected chi connectivity index (χ3v) is 6.07. The van der Waals surface area contributed by atoms with E-state index in [9.17, 15) is 0 Å². The van der Waals surface area contributed by atoms with E-state index in [2.05, 4.69) is 34.5 Å². The highest BCUT2D eigenvalue weighted by molar-refractivity contribution is 7.13. The highest BCUT2D eigenvalue weighted by Crippen LogP contribution is 2.43. The van der Waals surface area contributed by atoms with Gasteiger partial charge in [-0.25, -0.2) is 18.0 Å². The Bertz CT molecular complexity index is 608. The fraction of sp³-hybridized carbons (Fsp3) is 0.733. The fourth-order valence-electron chi connectivity index (χ4n) is 3.95. The van der Waals surface area contributed by atoms with Gasteiger partial charge in [0.05, 0.1) is 18.8 Å². The number of quaternary nitrogens is 1. The van der Waals surface area contributed by atoms with Crippen molar-refractivity contribution in [3.8, 4) is 0 Å². The first kappa shape index (κ1) is 14.5. The quantitative estimate of drug-likeness (QED) is 0.850. The van der Waals surface area contributed by atoms with Crippen LogP contribution < -0.4 is 5.32 Å². The lowest BCUT2D eigenvalue weighted by Crippen LogP contribution is -2.69. The SMILES string of the molecule is [B-][N+]12CCC(CC1)C1(CN=C(Nc3nc(C(C)C)cs3)O1)C2. The zero-order chi connectivity index (χ0) is 15.4. The molecule has 1 atom stereocenters. The Morgan fingerprint density at radius 2 is 2.23 bits per heavy atom. The molecule has 117 valence electrons. The number of aromatic nitrogens is 1. The average molecular weight is 317 g/mol. The molecule has 0 aliphatic carbocycles. The molecule has 0 amide bonds. The second kappa shape index (κ2) is 4.96. The molecule has 7 heteroatoms. The fourth-order valence-corrected chi connectivity index (χ4v) is 4.81. The number of nitrogens with zero attached hydrogens (tertiary/aromatic N) is 3. The summed E-state index contributed by atoms with van der Waals surface area (Å²) >= 11 is 1.60. The van der Waals surface area contributed by atoms with Crippen molar-refractivity contribution in [2.45, 2.75) is 38.2 Å². The minimum atomic E-state index is -0.189. The highest BCUT2D eigenvalue weighted by Gasteiger charge is 2.54. The molecule has 4 aliphatic rings. The van der Waals surface area contributed by atoms with Gasteiger partial charge in [0, 0.05) is 24.4 Å². The van der Waals surface area contributed by atoms with Crippen molar-refractivity contribution in [3.05, 3.63) is 11.1 Å². The van der Waals surface area contributed by atoms with Gasteiger partial charge in [0.25, 0.3) is 6.02 Å². The summed E-state index contributed by atoms with van der Waals surface area (Å²) in [6, 6.07) is 0.616. The van der Waals surface area contributed by atoms with Gasteiger partial charge in [0.2, 0.25) is 0 Å². The summed E-state index contributed by atoms with van der Waals surface area (Å²) in [5.74, 6) is 1.02. The van der Waals surface area contributed by atoms with Gasteiger partial charge in [-0.2, -0.15) is 0 Å². The number of thiazole rings is 1. The van der Waals surface area contributed by atoms with Crippen LogP contribution in [0.2, 0.25) is 0 Å². The molecule has 5 nitrogen and oxygen atoms in total. The van der Waals surface area contributed by atoms with Crippen LogP contribution in [0.3, 0.4) is 0 Å². The number of ether oxygens (including phenoxy) is 1. The molecule has 3 fully saturated rings. The highest BCUT2D eigenvalue weighted by atomic mass is 32.1. The Morgan fingerprint density at radius 3 is 2.86 bits per heavy atom. The third-order valence-electron chi connectivity index (χ3n) is 5.29. The molecule has 1 spiro atoms. The maximum absolute atomic E-state index is 6.46. The zero-order valence-electron chi connectivity index (χ0n) is 13.2. The molecule has 3 saturated heterocycles. The Hall–Kier alpha value is -1.08. The monoisotopic (exact) mass is 317 g/mol. The number of rotatable bonds is 2. The Balaban J connectivity index is 1.46. The largest absolute Gasteiger partial charge is 0.585 e. The smallest absolute Gasteiger partial charge is 0.292 e. The number of hydrogen-bond donors (Lipinski definition) is 1. The average Bonchev–Trinajstić information content (AvgIpc) is 3.08. The van der Waals surface area contributed by atoms with Crippen molar-refractivity contribution in [1.29, 1.82) is 0 Å². The molecular weight excluding hydrogens is 295 g/mol. The summed E-state index contributed by atoms with van der Waals surface area (Å²) in [4.78, 5) is 9.18. The predicted octanol–water partition coefficient (Wildman–Crippen LogP) is 2.13. The van der Waals surface area contributed by atoms with E-state index in [1.807, 2.05) is 0 Å². The molecule has 2 bridgehead atoms. The Labute approximate surface area is 136 Å². The van der Waals surface area contributed by atoms with Crippen molar-refractivity contribution in [1.82, 2.24) is 4.98 Å². The van der Waals surface area contributed by atoms with E-state index in [0.29, 0.717) is 22.3 Å². The Kier molecular flexibility index (Phi) is 3.27. The standard InChI is InChI=1S/C15H22BN4OS/c1-10(2)12-7-22-14(18-12)19-13-17-8-15(21-13)9-20(16)5-3-11(15)4-6-20/h7,10-11H,3-6,8-9H2,1-2H3,(H,17,18,19). The lowest BCUT2D eigenvalue weighted by atomic mass is 9.72. The molecule has 5 heterocycles. The number of anilines is 1. The number of nitrogens with one attached hydrogen (secondary N) is 1. The van der Waals surface area contributed by atoms with Crippen LogP contribution in [0.1, 0.15) is 38.3 Å². The number of fused-ring (bicyclic) bond motifs is 2. The van der Waals surface area contributed by atoms with Gasteiger partial charge < -0.3 is 9.13 Å². The van der Waals surface area contributed by atoms with Gasteiger partial charge in [-0.15, -0.1) is 11.3 Å². The van der Waals surface area contributed by atoms with E-state index < -0.39 is 0 Å². The van der Waals surface area contributed by atoms with Crippen molar-refractivity contribution < 1.29 is 9.13 Å². The molecular formula is C15H22BN4OS. The zero-order valence-corrected chi connectivity index (χ0v) is 14.0. The summed E-state index contributed by atoms with van der Waals surface area (Å²) in [7, 11) is 6.46. The minimum absolute atomic E-state index is 0.189. The number of amidine groups is 1. The van der Waals surface area contributed by atoms with Crippen LogP contribution in [0.25, 0.3) is 0 Å². The predicted molar refractivity (Wildman–Crippen MR) is 89.3 cm³/mol. The van der Waals surface area contributed by atoms with Crippen LogP contribution in [-0.4, -0.2) is 55.2 Å². The maximum atomic E-state index is 6.46. The van der Waals surface area contributed by atoms with Gasteiger partial charge in [-0.05, 0) is 18.8 Å². The van der Waals surface area contributed by atoms with Crippen LogP contribution in [0, 0.1) is 5.92 Å². The van der Waals surface area contributed by atoms with Crippen molar-refractivity contribution in [3.63, 3.8) is 0 Å². The second-order valence-electron chi connectivity index (χ2n) is 7.24. The van der Waals surface area contributed by atoms with Crippen molar-refractivity contribution in [2.24, 2.45) is 10.9 Å². The summed E-state index contributed by atoms with van der Waals surface area (Å²) in [5.41, 5.74) is 0.918. The second-order valence-corrected chi connectivity index (χ2v) is 8.10. The third kappa shape index (κ3) is 2.34. The molecule has 0 saturated carbocycles. The van der Waals surface area contributed by atoms with E-state index in [1.54, 1.807) is 11.3 Å². The van der Waals surface area contributed by atoms with Gasteiger partial charge in [-0.1, -0.05) is 13.8 Å². The number of piperidine rings is 3. The summed E-state index contributed by atoms with van der Waals surface area (Å²) in [6.07, 6.45) is 2.29. The molecule has 1 aromatic heterocycles. The van der Waals surface area contributed by atoms with Crippen molar-refractivity contribution in [2.75, 3.05) is 31.5 Å². The Morgan fingerprint density at radius 1 is 1.45 bits per heavy atom. The molecule has 3 radical (unpaired) electrons. The molecule has 22 heavy (non-hydrogen) atoms. The lowest BCUT2D eigenvalue weighted by Gasteiger charge is -2.64. The first-order valence-corrected chi connectivity index (χ1v) is 8.97. The van der Waals surface area contributed by atoms with E-state index in [0.717, 1.165) is 49.8 Å². The number of aliphatic imine (C=N–C) groups is 1. The van der Waals surface area contributed by atoms with E-state index in [4.69, 9.17) is 12.7 Å². The minimum Gasteiger partial charge on any atom is -0.585 e. The van der Waals surface area contributed by atoms with Crippen LogP contribution in [0.15, 0.2) is 10.4 Å². The van der Waals surface area contributed by atoms with Crippen LogP contribution >= 0.6 is 11.3 Å². The molecule has 5 rings (SSSR count). The van der Waals surface area contributed by atoms with Gasteiger partial charge >= 0.3 is 0 Å². The first-order chi connectivity index (χ1) is 10.5. The molecule has 1 N–H and O–H groups in total. The van der Waals surface area contributed by atoms with Gasteiger partial charge in [-0.3, -0.25) is 5.32 Å². The van der Waals surface area contributed by atoms with Crippen LogP contribution in [-0.2, 0) is 4.74 Å². The van der Waals surface area contributed by atoms with E-state index in [-0.39, 0.29) is 5.60 Å². The van der Waals surface area contributed by atoms with Crippen molar-refractivity contribution >= 4 is 30.5 Å². The normalized spacial score (nSPS) is 36.7. The summed E-state index contributed by atoms with van der Waals surface area (Å²) < 4.78 is 6.92. The molecule has 1 aromatic rings. The van der Waals surface area contributed by atoms with Gasteiger partial charge in [0.1, 0.15) is 0 Å². The van der Waals surface area contributed by atoms with E-state index >= 15 is 0 Å². The van der Waals surface area contributed by atoms with Crippen LogP contribution in [0.5, 0.6) is 0 Å². The lowest BCUT2D eigenvalue weighted by molar-refractivity contribution is -0.845. The number of hydrogen-bond acceptors (Lipinski definition) is 5. The molecule has 1 unspecified atom stereocenters. The first-order valence-electron chi connectivity index (χ1n) is 8.09. The van der Waals surface area contributed by atoms with E-state index in [1.165, 1.54) is 0 Å². The topological polar surface area (TPSA) is 46.5 Å². The van der Waals surface area contributed by atoms with Gasteiger partial charge in [0.15, 0.2) is 10.7 Å². The summed E-state index contributed by atoms with van der Waals surface area (Å²) in [5, 5.41) is 6.20. The van der Waals surface area contributed by atoms with Crippen LogP contribution in [0.4, 0.5) is 5.13 Å². The summed E-state index contributed by atoms with van der Waals surface area (Å²) in [6.45, 7) is 8.04. The molecule has 4 aliphatic heterocycles. The maximum Gasteiger partial charge on any atom is 0.292 e. The molecule has 0 aromatic carbocycles.